The van der Waals surface area contributed by atoms with Crippen LogP contribution in [0.2, 0.25) is 0 Å². The van der Waals surface area contributed by atoms with E-state index < -0.39 is 6.43 Å². The van der Waals surface area contributed by atoms with E-state index in [0.29, 0.717) is 18.4 Å². The summed E-state index contributed by atoms with van der Waals surface area (Å²) in [6, 6.07) is 0. The fourth-order valence-electron chi connectivity index (χ4n) is 2.53. The highest BCUT2D eigenvalue weighted by atomic mass is 32.1. The maximum atomic E-state index is 12.1. The second-order valence-electron chi connectivity index (χ2n) is 4.92. The van der Waals surface area contributed by atoms with Crippen molar-refractivity contribution < 1.29 is 8.78 Å². The minimum absolute atomic E-state index is 0.214. The van der Waals surface area contributed by atoms with E-state index in [0.717, 1.165) is 6.42 Å². The third-order valence-electron chi connectivity index (χ3n) is 3.74. The lowest BCUT2D eigenvalue weighted by atomic mass is 9.79. The van der Waals surface area contributed by atoms with Gasteiger partial charge < -0.3 is 5.32 Å². The molecule has 0 bridgehead atoms. The molecule has 2 atom stereocenters. The van der Waals surface area contributed by atoms with Crippen LogP contribution >= 0.6 is 11.3 Å². The van der Waals surface area contributed by atoms with Crippen molar-refractivity contribution in [2.75, 3.05) is 6.54 Å². The molecule has 1 aromatic heterocycles. The van der Waals surface area contributed by atoms with Gasteiger partial charge in [-0.15, -0.1) is 11.3 Å². The second kappa shape index (κ2) is 5.44. The fraction of sp³-hybridized carbons (Fsp3) is 0.692. The maximum absolute atomic E-state index is 12.1. The summed E-state index contributed by atoms with van der Waals surface area (Å²) in [5.41, 5.74) is 2.65. The molecule has 17 heavy (non-hydrogen) atoms. The van der Waals surface area contributed by atoms with Gasteiger partial charge in [-0.1, -0.05) is 13.8 Å². The van der Waals surface area contributed by atoms with E-state index >= 15 is 0 Å². The van der Waals surface area contributed by atoms with E-state index in [1.807, 2.05) is 0 Å². The topological polar surface area (TPSA) is 12.0 Å². The Hall–Kier alpha value is -0.480. The quantitative estimate of drug-likeness (QED) is 0.867. The van der Waals surface area contributed by atoms with Gasteiger partial charge in [0, 0.05) is 11.4 Å². The standard InChI is InChI=1S/C13H19F2NS/c1-8-3-4-11-13(9(8)2)10(7-17-11)5-16-6-12(14)15/h7-9,12,16H,3-6H2,1-2H3. The van der Waals surface area contributed by atoms with Crippen molar-refractivity contribution in [1.82, 2.24) is 5.32 Å². The summed E-state index contributed by atoms with van der Waals surface area (Å²) in [6.45, 7) is 4.90. The van der Waals surface area contributed by atoms with Crippen molar-refractivity contribution in [2.24, 2.45) is 5.92 Å². The SMILES string of the molecule is CC1CCc2scc(CNCC(F)F)c2C1C. The van der Waals surface area contributed by atoms with Crippen LogP contribution in [0, 0.1) is 5.92 Å². The molecule has 2 unspecified atom stereocenters. The first-order chi connectivity index (χ1) is 8.09. The van der Waals surface area contributed by atoms with Gasteiger partial charge in [-0.05, 0) is 41.2 Å². The van der Waals surface area contributed by atoms with Crippen molar-refractivity contribution in [3.8, 4) is 0 Å². The zero-order chi connectivity index (χ0) is 12.4. The van der Waals surface area contributed by atoms with E-state index in [9.17, 15) is 8.78 Å². The van der Waals surface area contributed by atoms with Gasteiger partial charge in [0.05, 0.1) is 6.54 Å². The molecule has 0 aromatic carbocycles. The van der Waals surface area contributed by atoms with Gasteiger partial charge in [0.25, 0.3) is 6.43 Å². The van der Waals surface area contributed by atoms with Crippen molar-refractivity contribution in [1.29, 1.82) is 0 Å². The molecule has 1 heterocycles. The lowest BCUT2D eigenvalue weighted by molar-refractivity contribution is 0.145. The number of hydrogen-bond donors (Lipinski definition) is 1. The normalized spacial score (nSPS) is 24.1. The summed E-state index contributed by atoms with van der Waals surface area (Å²) in [7, 11) is 0. The first kappa shape index (κ1) is 13.0. The first-order valence-electron chi connectivity index (χ1n) is 6.17. The van der Waals surface area contributed by atoms with Gasteiger partial charge in [0.1, 0.15) is 0 Å². The number of fused-ring (bicyclic) bond motifs is 1. The van der Waals surface area contributed by atoms with Gasteiger partial charge >= 0.3 is 0 Å². The molecular formula is C13H19F2NS. The fourth-order valence-corrected chi connectivity index (χ4v) is 3.71. The van der Waals surface area contributed by atoms with Crippen molar-refractivity contribution in [3.63, 3.8) is 0 Å². The van der Waals surface area contributed by atoms with Crippen molar-refractivity contribution in [2.45, 2.75) is 45.6 Å². The molecule has 0 aliphatic heterocycles. The molecule has 0 spiro atoms. The Morgan fingerprint density at radius 1 is 1.47 bits per heavy atom. The first-order valence-corrected chi connectivity index (χ1v) is 7.05. The van der Waals surface area contributed by atoms with E-state index in [4.69, 9.17) is 0 Å². The molecule has 0 amide bonds. The second-order valence-corrected chi connectivity index (χ2v) is 5.89. The average Bonchev–Trinajstić information content (AvgIpc) is 2.67. The van der Waals surface area contributed by atoms with Crippen LogP contribution < -0.4 is 5.32 Å². The highest BCUT2D eigenvalue weighted by Crippen LogP contribution is 2.40. The molecule has 1 aliphatic rings. The Bertz CT molecular complexity index is 375. The Balaban J connectivity index is 2.06. The van der Waals surface area contributed by atoms with E-state index in [2.05, 4.69) is 24.5 Å². The average molecular weight is 259 g/mol. The lowest BCUT2D eigenvalue weighted by Crippen LogP contribution is -2.22. The van der Waals surface area contributed by atoms with E-state index in [-0.39, 0.29) is 6.54 Å². The molecule has 0 fully saturated rings. The van der Waals surface area contributed by atoms with Gasteiger partial charge in [0.15, 0.2) is 0 Å². The van der Waals surface area contributed by atoms with Crippen molar-refractivity contribution in [3.05, 3.63) is 21.4 Å². The van der Waals surface area contributed by atoms with Gasteiger partial charge in [-0.25, -0.2) is 8.78 Å². The predicted molar refractivity (Wildman–Crippen MR) is 67.9 cm³/mol. The monoisotopic (exact) mass is 259 g/mol. The number of thiophene rings is 1. The zero-order valence-electron chi connectivity index (χ0n) is 10.3. The van der Waals surface area contributed by atoms with Crippen LogP contribution in [0.3, 0.4) is 0 Å². The largest absolute Gasteiger partial charge is 0.307 e. The van der Waals surface area contributed by atoms with Crippen molar-refractivity contribution >= 4 is 11.3 Å². The molecule has 0 radical (unpaired) electrons. The maximum Gasteiger partial charge on any atom is 0.250 e. The Labute approximate surface area is 105 Å². The highest BCUT2D eigenvalue weighted by Gasteiger charge is 2.26. The van der Waals surface area contributed by atoms with Gasteiger partial charge in [-0.3, -0.25) is 0 Å². The molecule has 2 rings (SSSR count). The smallest absolute Gasteiger partial charge is 0.250 e. The molecule has 1 aliphatic carbocycles. The number of nitrogens with one attached hydrogen (secondary N) is 1. The van der Waals surface area contributed by atoms with Crippen LogP contribution in [0.1, 0.15) is 42.2 Å². The van der Waals surface area contributed by atoms with E-state index in [1.165, 1.54) is 22.4 Å². The molecule has 4 heteroatoms. The Morgan fingerprint density at radius 2 is 2.24 bits per heavy atom. The van der Waals surface area contributed by atoms with Gasteiger partial charge in [-0.2, -0.15) is 0 Å². The zero-order valence-corrected chi connectivity index (χ0v) is 11.1. The minimum Gasteiger partial charge on any atom is -0.307 e. The summed E-state index contributed by atoms with van der Waals surface area (Å²) in [4.78, 5) is 1.46. The Morgan fingerprint density at radius 3 is 2.94 bits per heavy atom. The summed E-state index contributed by atoms with van der Waals surface area (Å²) >= 11 is 1.79. The lowest BCUT2D eigenvalue weighted by Gasteiger charge is -2.27. The third-order valence-corrected chi connectivity index (χ3v) is 4.85. The summed E-state index contributed by atoms with van der Waals surface area (Å²) in [5.74, 6) is 1.26. The Kier molecular flexibility index (Phi) is 4.15. The molecule has 96 valence electrons. The molecule has 1 aromatic rings. The van der Waals surface area contributed by atoms with Crippen LogP contribution in [-0.2, 0) is 13.0 Å². The highest BCUT2D eigenvalue weighted by molar-refractivity contribution is 7.10. The van der Waals surface area contributed by atoms with Crippen LogP contribution in [0.25, 0.3) is 0 Å². The van der Waals surface area contributed by atoms with Crippen LogP contribution in [0.4, 0.5) is 8.78 Å². The molecule has 0 saturated carbocycles. The molecule has 1 nitrogen and oxygen atoms in total. The van der Waals surface area contributed by atoms with Crippen LogP contribution in [-0.4, -0.2) is 13.0 Å². The molecule has 1 N–H and O–H groups in total. The number of hydrogen-bond acceptors (Lipinski definition) is 2. The van der Waals surface area contributed by atoms with E-state index in [1.54, 1.807) is 11.3 Å². The van der Waals surface area contributed by atoms with Crippen LogP contribution in [0.15, 0.2) is 5.38 Å². The number of alkyl halides is 2. The van der Waals surface area contributed by atoms with Crippen LogP contribution in [0.5, 0.6) is 0 Å². The summed E-state index contributed by atoms with van der Waals surface area (Å²) in [6.07, 6.45) is 0.139. The number of aryl methyl sites for hydroxylation is 1. The minimum atomic E-state index is -2.26. The summed E-state index contributed by atoms with van der Waals surface area (Å²) in [5, 5.41) is 4.97. The predicted octanol–water partition coefficient (Wildman–Crippen LogP) is 3.79. The molecule has 0 saturated heterocycles. The molecular weight excluding hydrogens is 240 g/mol. The summed E-state index contributed by atoms with van der Waals surface area (Å²) < 4.78 is 24.2. The van der Waals surface area contributed by atoms with Gasteiger partial charge in [0.2, 0.25) is 0 Å². The third kappa shape index (κ3) is 2.86. The number of rotatable bonds is 4. The number of halogens is 2.